The van der Waals surface area contributed by atoms with Crippen LogP contribution in [0, 0.1) is 5.82 Å². The Hall–Kier alpha value is -1.62. The average molecular weight is 292 g/mol. The Morgan fingerprint density at radius 2 is 2.00 bits per heavy atom. The molecule has 1 aromatic rings. The van der Waals surface area contributed by atoms with Gasteiger partial charge in [-0.05, 0) is 50.9 Å². The molecular formula is C16H21FN2O2. The molecule has 114 valence electrons. The summed E-state index contributed by atoms with van der Waals surface area (Å²) in [6.07, 6.45) is 4.61. The van der Waals surface area contributed by atoms with Crippen LogP contribution in [0.4, 0.5) is 10.1 Å². The molecule has 4 nitrogen and oxygen atoms in total. The number of rotatable bonds is 3. The van der Waals surface area contributed by atoms with Gasteiger partial charge in [-0.25, -0.2) is 9.18 Å². The van der Waals surface area contributed by atoms with Gasteiger partial charge < -0.3 is 15.0 Å². The summed E-state index contributed by atoms with van der Waals surface area (Å²) in [6, 6.07) is 5.79. The van der Waals surface area contributed by atoms with Crippen molar-refractivity contribution in [1.29, 1.82) is 0 Å². The zero-order chi connectivity index (χ0) is 15.0. The molecule has 1 N–H and O–H groups in total. The Morgan fingerprint density at radius 1 is 1.33 bits per heavy atom. The summed E-state index contributed by atoms with van der Waals surface area (Å²) in [6.45, 7) is 0. The second-order valence-corrected chi connectivity index (χ2v) is 6.04. The minimum atomic E-state index is -0.507. The molecule has 5 heteroatoms. The number of nitrogens with one attached hydrogen (secondary N) is 1. The lowest BCUT2D eigenvalue weighted by atomic mass is 9.97. The van der Waals surface area contributed by atoms with E-state index in [1.54, 1.807) is 6.07 Å². The average Bonchev–Trinajstić information content (AvgIpc) is 2.70. The zero-order valence-corrected chi connectivity index (χ0v) is 12.4. The summed E-state index contributed by atoms with van der Waals surface area (Å²) in [7, 11) is 3.50. The molecule has 2 atom stereocenters. The standard InChI is InChI=1S/C16H21FN2O2/c1-19-12-4-5-13(19)9-11(8-12)18-15-6-3-10(17)7-14(15)16(20)21-2/h3,6-7,11-13,18H,4-5,8-9H2,1-2H3. The Kier molecular flexibility index (Phi) is 3.85. The number of esters is 1. The summed E-state index contributed by atoms with van der Waals surface area (Å²) >= 11 is 0. The molecule has 0 aromatic heterocycles. The van der Waals surface area contributed by atoms with Gasteiger partial charge in [0.15, 0.2) is 0 Å². The number of halogens is 1. The third kappa shape index (κ3) is 2.75. The number of nitrogens with zero attached hydrogens (tertiary/aromatic N) is 1. The van der Waals surface area contributed by atoms with Gasteiger partial charge in [-0.2, -0.15) is 0 Å². The van der Waals surface area contributed by atoms with Gasteiger partial charge in [0.25, 0.3) is 0 Å². The van der Waals surface area contributed by atoms with Gasteiger partial charge in [-0.1, -0.05) is 0 Å². The largest absolute Gasteiger partial charge is 0.465 e. The zero-order valence-electron chi connectivity index (χ0n) is 12.4. The first-order valence-corrected chi connectivity index (χ1v) is 7.45. The molecule has 2 heterocycles. The van der Waals surface area contributed by atoms with Crippen LogP contribution in [-0.2, 0) is 4.74 Å². The van der Waals surface area contributed by atoms with Crippen LogP contribution < -0.4 is 5.32 Å². The normalized spacial score (nSPS) is 28.4. The fraction of sp³-hybridized carbons (Fsp3) is 0.562. The highest BCUT2D eigenvalue weighted by Crippen LogP contribution is 2.35. The number of anilines is 1. The molecular weight excluding hydrogens is 271 g/mol. The van der Waals surface area contributed by atoms with Crippen LogP contribution in [-0.4, -0.2) is 43.2 Å². The van der Waals surface area contributed by atoms with Crippen LogP contribution in [0.15, 0.2) is 18.2 Å². The third-order valence-corrected chi connectivity index (χ3v) is 4.84. The van der Waals surface area contributed by atoms with Crippen molar-refractivity contribution in [2.24, 2.45) is 0 Å². The predicted octanol–water partition coefficient (Wildman–Crippen LogP) is 2.65. The van der Waals surface area contributed by atoms with E-state index in [1.165, 1.54) is 32.1 Å². The smallest absolute Gasteiger partial charge is 0.340 e. The van der Waals surface area contributed by atoms with Gasteiger partial charge in [-0.15, -0.1) is 0 Å². The second-order valence-electron chi connectivity index (χ2n) is 6.04. The summed E-state index contributed by atoms with van der Waals surface area (Å²) in [5.41, 5.74) is 0.931. The monoisotopic (exact) mass is 292 g/mol. The predicted molar refractivity (Wildman–Crippen MR) is 79.0 cm³/mol. The maximum atomic E-state index is 13.4. The Bertz CT molecular complexity index is 535. The number of carbonyl (C=O) groups excluding carboxylic acids is 1. The molecule has 2 aliphatic heterocycles. The van der Waals surface area contributed by atoms with Gasteiger partial charge in [0.05, 0.1) is 12.7 Å². The summed E-state index contributed by atoms with van der Waals surface area (Å²) in [4.78, 5) is 14.2. The molecule has 0 aliphatic carbocycles. The fourth-order valence-corrected chi connectivity index (χ4v) is 3.67. The van der Waals surface area contributed by atoms with E-state index in [1.807, 2.05) is 0 Å². The molecule has 0 saturated carbocycles. The third-order valence-electron chi connectivity index (χ3n) is 4.84. The van der Waals surface area contributed by atoms with Crippen molar-refractivity contribution >= 4 is 11.7 Å². The van der Waals surface area contributed by atoms with Crippen molar-refractivity contribution in [2.75, 3.05) is 19.5 Å². The number of methoxy groups -OCH3 is 1. The molecule has 3 rings (SSSR count). The highest BCUT2D eigenvalue weighted by Gasteiger charge is 2.38. The quantitative estimate of drug-likeness (QED) is 0.870. The van der Waals surface area contributed by atoms with Crippen LogP contribution in [0.1, 0.15) is 36.0 Å². The first-order valence-electron chi connectivity index (χ1n) is 7.45. The Morgan fingerprint density at radius 3 is 2.62 bits per heavy atom. The van der Waals surface area contributed by atoms with E-state index in [4.69, 9.17) is 4.74 Å². The number of hydrogen-bond acceptors (Lipinski definition) is 4. The van der Waals surface area contributed by atoms with E-state index in [-0.39, 0.29) is 5.56 Å². The highest BCUT2D eigenvalue weighted by molar-refractivity contribution is 5.95. The van der Waals surface area contributed by atoms with Crippen LogP contribution >= 0.6 is 0 Å². The Labute approximate surface area is 124 Å². The van der Waals surface area contributed by atoms with Crippen molar-refractivity contribution in [1.82, 2.24) is 4.90 Å². The number of benzene rings is 1. The van der Waals surface area contributed by atoms with Crippen LogP contribution in [0.5, 0.6) is 0 Å². The second kappa shape index (κ2) is 5.64. The van der Waals surface area contributed by atoms with Crippen molar-refractivity contribution < 1.29 is 13.9 Å². The van der Waals surface area contributed by atoms with Crippen molar-refractivity contribution in [3.05, 3.63) is 29.6 Å². The van der Waals surface area contributed by atoms with Crippen LogP contribution in [0.25, 0.3) is 0 Å². The van der Waals surface area contributed by atoms with Crippen LogP contribution in [0.3, 0.4) is 0 Å². The highest BCUT2D eigenvalue weighted by atomic mass is 19.1. The molecule has 0 radical (unpaired) electrons. The van der Waals surface area contributed by atoms with Gasteiger partial charge >= 0.3 is 5.97 Å². The van der Waals surface area contributed by atoms with E-state index in [0.717, 1.165) is 12.8 Å². The number of ether oxygens (including phenoxy) is 1. The molecule has 0 spiro atoms. The number of hydrogen-bond donors (Lipinski definition) is 1. The van der Waals surface area contributed by atoms with E-state index < -0.39 is 11.8 Å². The summed E-state index contributed by atoms with van der Waals surface area (Å²) in [5.74, 6) is -0.933. The van der Waals surface area contributed by atoms with Crippen molar-refractivity contribution in [3.63, 3.8) is 0 Å². The molecule has 2 bridgehead atoms. The topological polar surface area (TPSA) is 41.6 Å². The summed E-state index contributed by atoms with van der Waals surface area (Å²) in [5, 5.41) is 3.42. The maximum Gasteiger partial charge on any atom is 0.340 e. The lowest BCUT2D eigenvalue weighted by molar-refractivity contribution is 0.0601. The van der Waals surface area contributed by atoms with Crippen molar-refractivity contribution in [3.8, 4) is 0 Å². The molecule has 2 unspecified atom stereocenters. The maximum absolute atomic E-state index is 13.4. The minimum Gasteiger partial charge on any atom is -0.465 e. The van der Waals surface area contributed by atoms with Gasteiger partial charge in [0.2, 0.25) is 0 Å². The van der Waals surface area contributed by atoms with E-state index >= 15 is 0 Å². The number of carbonyl (C=O) groups is 1. The molecule has 1 aromatic carbocycles. The summed E-state index contributed by atoms with van der Waals surface area (Å²) < 4.78 is 18.1. The lowest BCUT2D eigenvalue weighted by Gasteiger charge is -2.37. The Balaban J connectivity index is 1.78. The van der Waals surface area contributed by atoms with Gasteiger partial charge in [0, 0.05) is 23.8 Å². The number of piperidine rings is 1. The van der Waals surface area contributed by atoms with E-state index in [0.29, 0.717) is 23.8 Å². The SMILES string of the molecule is COC(=O)c1cc(F)ccc1NC1CC2CCC(C1)N2C. The first kappa shape index (κ1) is 14.3. The number of fused-ring (bicyclic) bond motifs is 2. The molecule has 2 aliphatic rings. The van der Waals surface area contributed by atoms with Crippen molar-refractivity contribution in [2.45, 2.75) is 43.8 Å². The van der Waals surface area contributed by atoms with E-state index in [9.17, 15) is 9.18 Å². The lowest BCUT2D eigenvalue weighted by Crippen LogP contribution is -2.44. The van der Waals surface area contributed by atoms with E-state index in [2.05, 4.69) is 17.3 Å². The molecule has 2 saturated heterocycles. The minimum absolute atomic E-state index is 0.267. The first-order chi connectivity index (χ1) is 10.1. The molecule has 0 amide bonds. The van der Waals surface area contributed by atoms with Gasteiger partial charge in [0.1, 0.15) is 5.82 Å². The molecule has 21 heavy (non-hydrogen) atoms. The molecule has 2 fully saturated rings. The van der Waals surface area contributed by atoms with Gasteiger partial charge in [-0.3, -0.25) is 0 Å². The van der Waals surface area contributed by atoms with Crippen LogP contribution in [0.2, 0.25) is 0 Å². The fourth-order valence-electron chi connectivity index (χ4n) is 3.67.